The first-order valence-corrected chi connectivity index (χ1v) is 6.35. The fourth-order valence-electron chi connectivity index (χ4n) is 1.81. The van der Waals surface area contributed by atoms with Gasteiger partial charge in [-0.25, -0.2) is 8.78 Å². The summed E-state index contributed by atoms with van der Waals surface area (Å²) in [5, 5.41) is 2.71. The minimum Gasteiger partial charge on any atom is -0.352 e. The second kappa shape index (κ2) is 6.28. The summed E-state index contributed by atoms with van der Waals surface area (Å²) in [6.45, 7) is 2.06. The van der Waals surface area contributed by atoms with Gasteiger partial charge in [0.15, 0.2) is 0 Å². The third kappa shape index (κ3) is 3.63. The second-order valence-corrected chi connectivity index (χ2v) is 4.60. The van der Waals surface area contributed by atoms with Gasteiger partial charge in [0.05, 0.1) is 0 Å². The molecule has 2 rings (SSSR count). The molecule has 0 aliphatic heterocycles. The maximum Gasteiger partial charge on any atom is 0.251 e. The zero-order chi connectivity index (χ0) is 14.5. The quantitative estimate of drug-likeness (QED) is 0.911. The zero-order valence-electron chi connectivity index (χ0n) is 11.1. The molecule has 0 spiro atoms. The van der Waals surface area contributed by atoms with Crippen molar-refractivity contribution in [1.82, 2.24) is 5.32 Å². The molecule has 0 unspecified atom stereocenters. The summed E-state index contributed by atoms with van der Waals surface area (Å²) in [6, 6.07) is 10.5. The highest BCUT2D eigenvalue weighted by Gasteiger charge is 2.07. The SMILES string of the molecule is Cc1ccc(C(=O)NCCc2ccc(F)cc2)cc1F. The summed E-state index contributed by atoms with van der Waals surface area (Å²) in [5.74, 6) is -0.991. The second-order valence-electron chi connectivity index (χ2n) is 4.60. The topological polar surface area (TPSA) is 29.1 Å². The van der Waals surface area contributed by atoms with Crippen molar-refractivity contribution in [1.29, 1.82) is 0 Å². The summed E-state index contributed by atoms with van der Waals surface area (Å²) in [7, 11) is 0. The number of hydrogen-bond donors (Lipinski definition) is 1. The Morgan fingerprint density at radius 1 is 1.10 bits per heavy atom. The van der Waals surface area contributed by atoms with E-state index in [1.807, 2.05) is 0 Å². The predicted molar refractivity (Wildman–Crippen MR) is 73.6 cm³/mol. The normalized spacial score (nSPS) is 10.3. The molecule has 0 aliphatic rings. The lowest BCUT2D eigenvalue weighted by atomic mass is 10.1. The molecule has 2 nitrogen and oxygen atoms in total. The smallest absolute Gasteiger partial charge is 0.251 e. The predicted octanol–water partition coefficient (Wildman–Crippen LogP) is 3.25. The van der Waals surface area contributed by atoms with E-state index in [1.165, 1.54) is 18.2 Å². The van der Waals surface area contributed by atoms with Gasteiger partial charge in [-0.05, 0) is 48.7 Å². The Labute approximate surface area is 116 Å². The molecule has 20 heavy (non-hydrogen) atoms. The van der Waals surface area contributed by atoms with Crippen LogP contribution in [0, 0.1) is 18.6 Å². The summed E-state index contributed by atoms with van der Waals surface area (Å²) in [4.78, 5) is 11.8. The monoisotopic (exact) mass is 275 g/mol. The molecule has 2 aromatic carbocycles. The van der Waals surface area contributed by atoms with Gasteiger partial charge >= 0.3 is 0 Å². The van der Waals surface area contributed by atoms with E-state index in [0.717, 1.165) is 5.56 Å². The minimum absolute atomic E-state index is 0.284. The largest absolute Gasteiger partial charge is 0.352 e. The van der Waals surface area contributed by atoms with E-state index in [2.05, 4.69) is 5.32 Å². The minimum atomic E-state index is -0.392. The van der Waals surface area contributed by atoms with Crippen LogP contribution in [0.15, 0.2) is 42.5 Å². The first kappa shape index (κ1) is 14.2. The van der Waals surface area contributed by atoms with Crippen molar-refractivity contribution in [2.75, 3.05) is 6.54 Å². The maximum absolute atomic E-state index is 13.3. The van der Waals surface area contributed by atoms with Crippen molar-refractivity contribution in [3.05, 3.63) is 70.8 Å². The van der Waals surface area contributed by atoms with Crippen LogP contribution in [-0.4, -0.2) is 12.5 Å². The highest BCUT2D eigenvalue weighted by atomic mass is 19.1. The van der Waals surface area contributed by atoms with Crippen LogP contribution in [0.4, 0.5) is 8.78 Å². The molecule has 1 amide bonds. The third-order valence-corrected chi connectivity index (χ3v) is 3.05. The van der Waals surface area contributed by atoms with Crippen LogP contribution in [0.1, 0.15) is 21.5 Å². The average molecular weight is 275 g/mol. The fraction of sp³-hybridized carbons (Fsp3) is 0.188. The number of hydrogen-bond acceptors (Lipinski definition) is 1. The molecule has 0 heterocycles. The van der Waals surface area contributed by atoms with Crippen molar-refractivity contribution < 1.29 is 13.6 Å². The van der Waals surface area contributed by atoms with E-state index in [0.29, 0.717) is 24.1 Å². The molecule has 0 atom stereocenters. The highest BCUT2D eigenvalue weighted by molar-refractivity contribution is 5.94. The summed E-state index contributed by atoms with van der Waals surface area (Å²) >= 11 is 0. The number of carbonyl (C=O) groups excluding carboxylic acids is 1. The molecular weight excluding hydrogens is 260 g/mol. The van der Waals surface area contributed by atoms with Crippen molar-refractivity contribution in [2.45, 2.75) is 13.3 Å². The number of carbonyl (C=O) groups is 1. The highest BCUT2D eigenvalue weighted by Crippen LogP contribution is 2.09. The van der Waals surface area contributed by atoms with Crippen molar-refractivity contribution in [3.63, 3.8) is 0 Å². The molecule has 0 saturated carbocycles. The fourth-order valence-corrected chi connectivity index (χ4v) is 1.81. The first-order valence-electron chi connectivity index (χ1n) is 6.35. The molecule has 0 fully saturated rings. The molecule has 2 aromatic rings. The molecule has 0 bridgehead atoms. The van der Waals surface area contributed by atoms with Crippen molar-refractivity contribution in [2.24, 2.45) is 0 Å². The number of amides is 1. The van der Waals surface area contributed by atoms with E-state index in [-0.39, 0.29) is 11.7 Å². The summed E-state index contributed by atoms with van der Waals surface area (Å²) in [5.41, 5.74) is 1.74. The Morgan fingerprint density at radius 2 is 1.80 bits per heavy atom. The van der Waals surface area contributed by atoms with Gasteiger partial charge in [-0.2, -0.15) is 0 Å². The maximum atomic E-state index is 13.3. The van der Waals surface area contributed by atoms with E-state index < -0.39 is 5.82 Å². The van der Waals surface area contributed by atoms with Crippen LogP contribution in [0.5, 0.6) is 0 Å². The number of aryl methyl sites for hydroxylation is 1. The van der Waals surface area contributed by atoms with Gasteiger partial charge in [0.25, 0.3) is 5.91 Å². The van der Waals surface area contributed by atoms with Gasteiger partial charge in [0, 0.05) is 12.1 Å². The zero-order valence-corrected chi connectivity index (χ0v) is 11.1. The molecule has 0 radical (unpaired) electrons. The Hall–Kier alpha value is -2.23. The van der Waals surface area contributed by atoms with E-state index in [9.17, 15) is 13.6 Å². The van der Waals surface area contributed by atoms with Crippen LogP contribution in [-0.2, 0) is 6.42 Å². The average Bonchev–Trinajstić information content (AvgIpc) is 2.44. The van der Waals surface area contributed by atoms with E-state index in [4.69, 9.17) is 0 Å². The van der Waals surface area contributed by atoms with Crippen LogP contribution in [0.3, 0.4) is 0 Å². The molecule has 0 saturated heterocycles. The summed E-state index contributed by atoms with van der Waals surface area (Å²) < 4.78 is 26.1. The van der Waals surface area contributed by atoms with Crippen LogP contribution >= 0.6 is 0 Å². The first-order chi connectivity index (χ1) is 9.56. The molecule has 1 N–H and O–H groups in total. The van der Waals surface area contributed by atoms with Crippen LogP contribution in [0.25, 0.3) is 0 Å². The van der Waals surface area contributed by atoms with Gasteiger partial charge in [0.1, 0.15) is 11.6 Å². The lowest BCUT2D eigenvalue weighted by Crippen LogP contribution is -2.25. The molecule has 4 heteroatoms. The van der Waals surface area contributed by atoms with Crippen LogP contribution in [0.2, 0.25) is 0 Å². The number of rotatable bonds is 4. The molecule has 0 aliphatic carbocycles. The Balaban J connectivity index is 1.88. The third-order valence-electron chi connectivity index (χ3n) is 3.05. The van der Waals surface area contributed by atoms with Gasteiger partial charge in [-0.15, -0.1) is 0 Å². The van der Waals surface area contributed by atoms with Gasteiger partial charge in [-0.3, -0.25) is 4.79 Å². The lowest BCUT2D eigenvalue weighted by Gasteiger charge is -2.06. The Kier molecular flexibility index (Phi) is 4.45. The summed E-state index contributed by atoms with van der Waals surface area (Å²) in [6.07, 6.45) is 0.598. The number of halogens is 2. The Morgan fingerprint density at radius 3 is 2.45 bits per heavy atom. The Bertz CT molecular complexity index is 608. The van der Waals surface area contributed by atoms with Gasteiger partial charge in [0.2, 0.25) is 0 Å². The van der Waals surface area contributed by atoms with Crippen molar-refractivity contribution in [3.8, 4) is 0 Å². The van der Waals surface area contributed by atoms with Crippen molar-refractivity contribution >= 4 is 5.91 Å². The molecular formula is C16H15F2NO. The molecule has 0 aromatic heterocycles. The molecule has 104 valence electrons. The standard InChI is InChI=1S/C16H15F2NO/c1-11-2-5-13(10-15(11)18)16(20)19-9-8-12-3-6-14(17)7-4-12/h2-7,10H,8-9H2,1H3,(H,19,20). The number of nitrogens with one attached hydrogen (secondary N) is 1. The van der Waals surface area contributed by atoms with Gasteiger partial charge < -0.3 is 5.32 Å². The van der Waals surface area contributed by atoms with E-state index >= 15 is 0 Å². The number of benzene rings is 2. The lowest BCUT2D eigenvalue weighted by molar-refractivity contribution is 0.0953. The van der Waals surface area contributed by atoms with Gasteiger partial charge in [-0.1, -0.05) is 18.2 Å². The van der Waals surface area contributed by atoms with Crippen LogP contribution < -0.4 is 5.32 Å². The van der Waals surface area contributed by atoms with E-state index in [1.54, 1.807) is 31.2 Å².